The molecule has 0 saturated carbocycles. The molecule has 9 heteroatoms. The van der Waals surface area contributed by atoms with E-state index in [2.05, 4.69) is 15.6 Å². The van der Waals surface area contributed by atoms with Gasteiger partial charge in [0.15, 0.2) is 0 Å². The Labute approximate surface area is 211 Å². The number of aliphatic carboxylic acids is 1. The maximum absolute atomic E-state index is 12.2. The fourth-order valence-electron chi connectivity index (χ4n) is 3.32. The van der Waals surface area contributed by atoms with E-state index in [4.69, 9.17) is 14.6 Å². The van der Waals surface area contributed by atoms with Crippen LogP contribution < -0.4 is 10.6 Å². The van der Waals surface area contributed by atoms with Crippen molar-refractivity contribution in [2.75, 3.05) is 13.2 Å². The lowest BCUT2D eigenvalue weighted by atomic mass is 10.1. The van der Waals surface area contributed by atoms with Crippen LogP contribution in [0.1, 0.15) is 38.8 Å². The van der Waals surface area contributed by atoms with Crippen molar-refractivity contribution in [3.8, 4) is 0 Å². The average molecular weight is 498 g/mol. The fraction of sp³-hybridized carbons (Fsp3) is 0.370. The van der Waals surface area contributed by atoms with Gasteiger partial charge in [-0.15, -0.1) is 0 Å². The largest absolute Gasteiger partial charge is 0.480 e. The van der Waals surface area contributed by atoms with E-state index in [1.165, 1.54) is 0 Å². The molecule has 1 aromatic heterocycles. The summed E-state index contributed by atoms with van der Waals surface area (Å²) < 4.78 is 10.3. The number of aromatic nitrogens is 1. The smallest absolute Gasteiger partial charge is 0.408 e. The second kappa shape index (κ2) is 13.9. The van der Waals surface area contributed by atoms with Crippen LogP contribution in [0.2, 0.25) is 0 Å². The maximum atomic E-state index is 12.2. The van der Waals surface area contributed by atoms with Gasteiger partial charge in [0.2, 0.25) is 0 Å². The first-order valence-electron chi connectivity index (χ1n) is 11.8. The van der Waals surface area contributed by atoms with Crippen molar-refractivity contribution in [1.82, 2.24) is 15.6 Å². The molecule has 0 bridgehead atoms. The average Bonchev–Trinajstić information content (AvgIpc) is 3.21. The normalized spacial score (nSPS) is 11.7. The van der Waals surface area contributed by atoms with E-state index in [0.717, 1.165) is 22.0 Å². The summed E-state index contributed by atoms with van der Waals surface area (Å²) in [7, 11) is 0. The highest BCUT2D eigenvalue weighted by Crippen LogP contribution is 2.19. The number of nitrogens with one attached hydrogen (secondary N) is 3. The molecule has 0 spiro atoms. The number of carbonyl (C=O) groups excluding carboxylic acids is 2. The number of carboxylic acids is 1. The van der Waals surface area contributed by atoms with Crippen molar-refractivity contribution in [3.05, 3.63) is 71.9 Å². The molecule has 3 aromatic rings. The predicted octanol–water partition coefficient (Wildman–Crippen LogP) is 4.03. The summed E-state index contributed by atoms with van der Waals surface area (Å²) in [5.41, 5.74) is 2.37. The SMILES string of the molecule is CCOC(=O)[C@@H](Cc1c[nH]c2ccccc12)NC(=O)OC(C)(C)C.O=C(O)CNCc1ccccc1. The van der Waals surface area contributed by atoms with Gasteiger partial charge in [0.25, 0.3) is 0 Å². The van der Waals surface area contributed by atoms with Crippen molar-refractivity contribution >= 4 is 28.9 Å². The Bertz CT molecular complexity index is 1120. The van der Waals surface area contributed by atoms with Crippen molar-refractivity contribution in [1.29, 1.82) is 0 Å². The lowest BCUT2D eigenvalue weighted by Gasteiger charge is -2.22. The molecule has 0 saturated heterocycles. The molecule has 0 aliphatic heterocycles. The standard InChI is InChI=1S/C18H24N2O4.C9H11NO2/c1-5-23-16(21)15(20-17(22)24-18(2,3)4)10-12-11-19-14-9-7-6-8-13(12)14;11-9(12)7-10-6-8-4-2-1-3-5-8/h6-9,11,15,19H,5,10H2,1-4H3,(H,20,22);1-5,10H,6-7H2,(H,11,12)/t15-;/m1./s1. The molecule has 194 valence electrons. The summed E-state index contributed by atoms with van der Waals surface area (Å²) in [5.74, 6) is -1.31. The van der Waals surface area contributed by atoms with Crippen molar-refractivity contribution in [3.63, 3.8) is 0 Å². The minimum Gasteiger partial charge on any atom is -0.480 e. The Kier molecular flexibility index (Phi) is 11.0. The lowest BCUT2D eigenvalue weighted by molar-refractivity contribution is -0.145. The van der Waals surface area contributed by atoms with Gasteiger partial charge in [-0.1, -0.05) is 48.5 Å². The Morgan fingerprint density at radius 2 is 1.69 bits per heavy atom. The first kappa shape index (κ1) is 28.4. The van der Waals surface area contributed by atoms with E-state index in [1.54, 1.807) is 27.7 Å². The number of amides is 1. The van der Waals surface area contributed by atoms with Gasteiger partial charge in [0.05, 0.1) is 13.2 Å². The van der Waals surface area contributed by atoms with Crippen LogP contribution in [0.3, 0.4) is 0 Å². The first-order chi connectivity index (χ1) is 17.1. The van der Waals surface area contributed by atoms with Crippen molar-refractivity contribution < 1.29 is 29.0 Å². The van der Waals surface area contributed by atoms with Gasteiger partial charge in [-0.25, -0.2) is 9.59 Å². The van der Waals surface area contributed by atoms with E-state index in [0.29, 0.717) is 13.0 Å². The number of carboxylic acid groups (broad SMARTS) is 1. The van der Waals surface area contributed by atoms with Crippen LogP contribution in [0.5, 0.6) is 0 Å². The number of hydrogen-bond donors (Lipinski definition) is 4. The van der Waals surface area contributed by atoms with Gasteiger partial charge in [-0.3, -0.25) is 4.79 Å². The summed E-state index contributed by atoms with van der Waals surface area (Å²) in [6, 6.07) is 16.7. The maximum Gasteiger partial charge on any atom is 0.408 e. The predicted molar refractivity (Wildman–Crippen MR) is 138 cm³/mol. The van der Waals surface area contributed by atoms with E-state index >= 15 is 0 Å². The van der Waals surface area contributed by atoms with Crippen LogP contribution in [0.25, 0.3) is 10.9 Å². The molecule has 1 amide bonds. The first-order valence-corrected chi connectivity index (χ1v) is 11.8. The summed E-state index contributed by atoms with van der Waals surface area (Å²) in [5, 5.41) is 14.8. The Morgan fingerprint density at radius 1 is 1.03 bits per heavy atom. The minimum absolute atomic E-state index is 0.00882. The monoisotopic (exact) mass is 497 g/mol. The molecule has 36 heavy (non-hydrogen) atoms. The number of benzene rings is 2. The number of ether oxygens (including phenoxy) is 2. The number of para-hydroxylation sites is 1. The zero-order chi connectivity index (χ0) is 26.6. The molecular formula is C27H35N3O6. The van der Waals surface area contributed by atoms with Crippen molar-refractivity contribution in [2.24, 2.45) is 0 Å². The topological polar surface area (TPSA) is 130 Å². The van der Waals surface area contributed by atoms with Gasteiger partial charge in [0.1, 0.15) is 11.6 Å². The van der Waals surface area contributed by atoms with Crippen LogP contribution in [0.15, 0.2) is 60.8 Å². The molecule has 4 N–H and O–H groups in total. The second-order valence-electron chi connectivity index (χ2n) is 9.00. The van der Waals surface area contributed by atoms with Gasteiger partial charge < -0.3 is 30.2 Å². The number of carbonyl (C=O) groups is 3. The molecule has 3 rings (SSSR count). The van der Waals surface area contributed by atoms with E-state index in [9.17, 15) is 14.4 Å². The van der Waals surface area contributed by atoms with Crippen LogP contribution in [-0.2, 0) is 32.0 Å². The lowest BCUT2D eigenvalue weighted by Crippen LogP contribution is -2.45. The van der Waals surface area contributed by atoms with Crippen molar-refractivity contribution in [2.45, 2.75) is 52.3 Å². The summed E-state index contributed by atoms with van der Waals surface area (Å²) in [4.78, 5) is 37.5. The number of rotatable bonds is 9. The fourth-order valence-corrected chi connectivity index (χ4v) is 3.32. The summed E-state index contributed by atoms with van der Waals surface area (Å²) in [6.45, 7) is 7.90. The molecule has 0 unspecified atom stereocenters. The molecule has 1 atom stereocenters. The molecular weight excluding hydrogens is 462 g/mol. The quantitative estimate of drug-likeness (QED) is 0.329. The number of aromatic amines is 1. The molecule has 2 aromatic carbocycles. The van der Waals surface area contributed by atoms with Gasteiger partial charge in [-0.2, -0.15) is 0 Å². The zero-order valence-corrected chi connectivity index (χ0v) is 21.2. The second-order valence-corrected chi connectivity index (χ2v) is 9.00. The molecule has 0 aliphatic rings. The van der Waals surface area contributed by atoms with Crippen LogP contribution in [-0.4, -0.2) is 52.9 Å². The number of H-pyrrole nitrogens is 1. The Balaban J connectivity index is 0.000000319. The Hall–Kier alpha value is -3.85. The van der Waals surface area contributed by atoms with Gasteiger partial charge in [-0.05, 0) is 44.9 Å². The van der Waals surface area contributed by atoms with Gasteiger partial charge in [0, 0.05) is 30.1 Å². The van der Waals surface area contributed by atoms with Gasteiger partial charge >= 0.3 is 18.0 Å². The number of alkyl carbamates (subject to hydrolysis) is 1. The van der Waals surface area contributed by atoms with Crippen LogP contribution >= 0.6 is 0 Å². The Morgan fingerprint density at radius 3 is 2.33 bits per heavy atom. The molecule has 0 fully saturated rings. The third-order valence-corrected chi connectivity index (χ3v) is 4.81. The highest BCUT2D eigenvalue weighted by molar-refractivity contribution is 5.86. The number of fused-ring (bicyclic) bond motifs is 1. The highest BCUT2D eigenvalue weighted by Gasteiger charge is 2.26. The third-order valence-electron chi connectivity index (χ3n) is 4.81. The summed E-state index contributed by atoms with van der Waals surface area (Å²) in [6.07, 6.45) is 1.52. The van der Waals surface area contributed by atoms with E-state index in [1.807, 2.05) is 60.8 Å². The van der Waals surface area contributed by atoms with E-state index < -0.39 is 29.7 Å². The number of hydrogen-bond acceptors (Lipinski definition) is 6. The minimum atomic E-state index is -0.828. The zero-order valence-electron chi connectivity index (χ0n) is 21.2. The summed E-state index contributed by atoms with van der Waals surface area (Å²) >= 11 is 0. The van der Waals surface area contributed by atoms with Crippen LogP contribution in [0.4, 0.5) is 4.79 Å². The molecule has 0 aliphatic carbocycles. The molecule has 1 heterocycles. The van der Waals surface area contributed by atoms with E-state index in [-0.39, 0.29) is 13.2 Å². The number of esters is 1. The molecule has 9 nitrogen and oxygen atoms in total. The highest BCUT2D eigenvalue weighted by atomic mass is 16.6. The molecule has 0 radical (unpaired) electrons. The van der Waals surface area contributed by atoms with Crippen LogP contribution in [0, 0.1) is 0 Å². The third kappa shape index (κ3) is 10.2.